The molecular formula is C22H29N7OS. The lowest BCUT2D eigenvalue weighted by Gasteiger charge is -2.09. The average Bonchev–Trinajstić information content (AvgIpc) is 3.53. The first-order chi connectivity index (χ1) is 15.2. The Morgan fingerprint density at radius 1 is 1.29 bits per heavy atom. The maximum absolute atomic E-state index is 9.57. The van der Waals surface area contributed by atoms with E-state index in [1.165, 1.54) is 0 Å². The summed E-state index contributed by atoms with van der Waals surface area (Å²) in [6.45, 7) is 4.90. The number of carbonyl (C=O) groups is 1. The molecule has 3 N–H and O–H groups in total. The van der Waals surface area contributed by atoms with Gasteiger partial charge in [0, 0.05) is 48.9 Å². The minimum Gasteiger partial charge on any atom is -0.388 e. The fourth-order valence-corrected chi connectivity index (χ4v) is 3.45. The number of hydrogen-bond acceptors (Lipinski definition) is 7. The topological polar surface area (TPSA) is 95.7 Å². The fourth-order valence-electron chi connectivity index (χ4n) is 2.57. The predicted octanol–water partition coefficient (Wildman–Crippen LogP) is 4.07. The van der Waals surface area contributed by atoms with Crippen molar-refractivity contribution in [3.8, 4) is 0 Å². The number of aldehydes is 1. The summed E-state index contributed by atoms with van der Waals surface area (Å²) in [5, 5.41) is 3.95. The number of benzene rings is 1. The molecule has 1 aromatic carbocycles. The molecule has 0 spiro atoms. The molecule has 0 bridgehead atoms. The van der Waals surface area contributed by atoms with Gasteiger partial charge >= 0.3 is 0 Å². The van der Waals surface area contributed by atoms with E-state index in [9.17, 15) is 4.79 Å². The summed E-state index contributed by atoms with van der Waals surface area (Å²) in [6, 6.07) is 8.22. The van der Waals surface area contributed by atoms with Gasteiger partial charge in [-0.1, -0.05) is 25.6 Å². The van der Waals surface area contributed by atoms with E-state index in [1.807, 2.05) is 42.9 Å². The van der Waals surface area contributed by atoms with Crippen molar-refractivity contribution in [1.82, 2.24) is 25.2 Å². The van der Waals surface area contributed by atoms with Crippen molar-refractivity contribution < 1.29 is 4.79 Å². The molecule has 1 aliphatic carbocycles. The molecule has 0 radical (unpaired) electrons. The molecule has 0 aliphatic heterocycles. The highest BCUT2D eigenvalue weighted by molar-refractivity contribution is 7.99. The SMILES string of the molecule is CCNN/C(CC)=N\c1cn2ccnc2c(Sc2ccc(NC)cc2)n1.O=CC1CC1. The lowest BCUT2D eigenvalue weighted by atomic mass is 10.3. The number of anilines is 1. The summed E-state index contributed by atoms with van der Waals surface area (Å²) >= 11 is 1.58. The van der Waals surface area contributed by atoms with E-state index in [1.54, 1.807) is 18.0 Å². The number of rotatable bonds is 8. The molecule has 1 fully saturated rings. The molecule has 4 rings (SSSR count). The molecule has 8 nitrogen and oxygen atoms in total. The molecule has 3 aromatic rings. The number of nitrogens with one attached hydrogen (secondary N) is 3. The van der Waals surface area contributed by atoms with Crippen LogP contribution in [0.15, 0.2) is 57.8 Å². The van der Waals surface area contributed by atoms with Crippen LogP contribution in [0.2, 0.25) is 0 Å². The Labute approximate surface area is 186 Å². The third-order valence-electron chi connectivity index (χ3n) is 4.50. The molecule has 2 aromatic heterocycles. The Kier molecular flexibility index (Phi) is 8.43. The maximum atomic E-state index is 9.57. The first-order valence-corrected chi connectivity index (χ1v) is 11.3. The van der Waals surface area contributed by atoms with Gasteiger partial charge in [-0.15, -0.1) is 0 Å². The van der Waals surface area contributed by atoms with Gasteiger partial charge in [-0.3, -0.25) is 0 Å². The fraction of sp³-hybridized carbons (Fsp3) is 0.364. The van der Waals surface area contributed by atoms with Gasteiger partial charge in [0.2, 0.25) is 0 Å². The predicted molar refractivity (Wildman–Crippen MR) is 126 cm³/mol. The van der Waals surface area contributed by atoms with Crippen molar-refractivity contribution in [2.45, 2.75) is 43.0 Å². The zero-order valence-electron chi connectivity index (χ0n) is 18.1. The Hall–Kier alpha value is -2.91. The number of fused-ring (bicyclic) bond motifs is 1. The Morgan fingerprint density at radius 3 is 2.65 bits per heavy atom. The normalized spacial score (nSPS) is 13.5. The summed E-state index contributed by atoms with van der Waals surface area (Å²) < 4.78 is 1.96. The van der Waals surface area contributed by atoms with Crippen molar-refractivity contribution in [2.75, 3.05) is 18.9 Å². The molecule has 0 amide bonds. The van der Waals surface area contributed by atoms with Crippen molar-refractivity contribution in [3.63, 3.8) is 0 Å². The van der Waals surface area contributed by atoms with Crippen LogP contribution in [-0.4, -0.2) is 40.1 Å². The largest absolute Gasteiger partial charge is 0.388 e. The zero-order valence-corrected chi connectivity index (χ0v) is 18.9. The minimum atomic E-state index is 0.454. The first kappa shape index (κ1) is 22.8. The third kappa shape index (κ3) is 6.80. The van der Waals surface area contributed by atoms with Crippen molar-refractivity contribution in [2.24, 2.45) is 10.9 Å². The lowest BCUT2D eigenvalue weighted by Crippen LogP contribution is -2.36. The number of aliphatic imine (C=N–C) groups is 1. The molecule has 9 heteroatoms. The Bertz CT molecular complexity index is 1010. The average molecular weight is 440 g/mol. The van der Waals surface area contributed by atoms with Gasteiger partial charge in [-0.25, -0.2) is 20.4 Å². The summed E-state index contributed by atoms with van der Waals surface area (Å²) in [5.74, 6) is 1.94. The van der Waals surface area contributed by atoms with Crippen LogP contribution in [0.5, 0.6) is 0 Å². The van der Waals surface area contributed by atoms with E-state index < -0.39 is 0 Å². The van der Waals surface area contributed by atoms with Crippen LogP contribution in [0.4, 0.5) is 11.5 Å². The highest BCUT2D eigenvalue weighted by Gasteiger charge is 2.19. The molecule has 1 saturated carbocycles. The number of imidazole rings is 1. The standard InChI is InChI=1S/C18H23N7S.C4H6O/c1-4-15(24-21-5-2)22-16-12-25-11-10-20-17(25)18(23-16)26-14-8-6-13(19-3)7-9-14;5-3-4-1-2-4/h6-12,19,21H,4-5H2,1-3H3,(H,22,24);3-4H,1-2H2. The smallest absolute Gasteiger partial charge is 0.172 e. The maximum Gasteiger partial charge on any atom is 0.172 e. The summed E-state index contributed by atoms with van der Waals surface area (Å²) in [6.07, 6.45) is 9.67. The third-order valence-corrected chi connectivity index (χ3v) is 5.47. The molecule has 0 saturated heterocycles. The molecule has 1 aliphatic rings. The number of hydrogen-bond donors (Lipinski definition) is 3. The van der Waals surface area contributed by atoms with Gasteiger partial charge in [0.25, 0.3) is 0 Å². The Morgan fingerprint density at radius 2 is 2.06 bits per heavy atom. The van der Waals surface area contributed by atoms with Gasteiger partial charge in [-0.2, -0.15) is 0 Å². The molecular weight excluding hydrogens is 410 g/mol. The van der Waals surface area contributed by atoms with Crippen molar-refractivity contribution in [3.05, 3.63) is 42.9 Å². The second kappa shape index (κ2) is 11.5. The highest BCUT2D eigenvalue weighted by Crippen LogP contribution is 2.31. The van der Waals surface area contributed by atoms with Crippen LogP contribution >= 0.6 is 11.8 Å². The van der Waals surface area contributed by atoms with Crippen molar-refractivity contribution >= 4 is 41.0 Å². The number of carbonyl (C=O) groups excluding carboxylic acids is 1. The second-order valence-electron chi connectivity index (χ2n) is 6.98. The molecule has 0 unspecified atom stereocenters. The zero-order chi connectivity index (χ0) is 22.1. The van der Waals surface area contributed by atoms with Crippen LogP contribution in [0.25, 0.3) is 5.65 Å². The number of amidine groups is 1. The number of hydrazine groups is 1. The monoisotopic (exact) mass is 439 g/mol. The van der Waals surface area contributed by atoms with E-state index in [0.717, 1.165) is 59.2 Å². The number of aromatic nitrogens is 3. The minimum absolute atomic E-state index is 0.454. The number of nitrogens with zero attached hydrogens (tertiary/aromatic N) is 4. The van der Waals surface area contributed by atoms with Gasteiger partial charge in [0.15, 0.2) is 11.5 Å². The van der Waals surface area contributed by atoms with Crippen LogP contribution in [0.3, 0.4) is 0 Å². The van der Waals surface area contributed by atoms with E-state index in [0.29, 0.717) is 11.7 Å². The second-order valence-corrected chi connectivity index (χ2v) is 8.04. The molecule has 0 atom stereocenters. The van der Waals surface area contributed by atoms with E-state index in [4.69, 9.17) is 4.98 Å². The van der Waals surface area contributed by atoms with Gasteiger partial charge in [0.1, 0.15) is 17.1 Å². The highest BCUT2D eigenvalue weighted by atomic mass is 32.2. The van der Waals surface area contributed by atoms with Crippen LogP contribution < -0.4 is 16.2 Å². The molecule has 2 heterocycles. The van der Waals surface area contributed by atoms with E-state index in [-0.39, 0.29) is 0 Å². The lowest BCUT2D eigenvalue weighted by molar-refractivity contribution is -0.108. The van der Waals surface area contributed by atoms with Crippen LogP contribution in [0, 0.1) is 5.92 Å². The Balaban J connectivity index is 0.000000478. The first-order valence-electron chi connectivity index (χ1n) is 10.5. The summed E-state index contributed by atoms with van der Waals surface area (Å²) in [7, 11) is 1.91. The van der Waals surface area contributed by atoms with E-state index in [2.05, 4.69) is 45.2 Å². The summed E-state index contributed by atoms with van der Waals surface area (Å²) in [4.78, 5) is 24.4. The van der Waals surface area contributed by atoms with Crippen LogP contribution in [-0.2, 0) is 4.79 Å². The van der Waals surface area contributed by atoms with E-state index >= 15 is 0 Å². The molecule has 164 valence electrons. The van der Waals surface area contributed by atoms with Gasteiger partial charge < -0.3 is 19.9 Å². The van der Waals surface area contributed by atoms with Gasteiger partial charge in [0.05, 0.1) is 6.20 Å². The summed E-state index contributed by atoms with van der Waals surface area (Å²) in [5.41, 5.74) is 8.09. The van der Waals surface area contributed by atoms with Gasteiger partial charge in [-0.05, 0) is 37.1 Å². The quantitative estimate of drug-likeness (QED) is 0.211. The van der Waals surface area contributed by atoms with Crippen molar-refractivity contribution in [1.29, 1.82) is 0 Å². The van der Waals surface area contributed by atoms with Crippen LogP contribution in [0.1, 0.15) is 33.1 Å². The molecule has 31 heavy (non-hydrogen) atoms.